The summed E-state index contributed by atoms with van der Waals surface area (Å²) in [6, 6.07) is 14.3. The maximum absolute atomic E-state index is 12.4. The molecular weight excluding hydrogens is 340 g/mol. The van der Waals surface area contributed by atoms with Gasteiger partial charge in [0.1, 0.15) is 0 Å². The fraction of sp³-hybridized carbons (Fsp3) is 0.318. The van der Waals surface area contributed by atoms with Gasteiger partial charge in [0, 0.05) is 38.8 Å². The zero-order valence-corrected chi connectivity index (χ0v) is 15.6. The number of carbonyl (C=O) groups excluding carboxylic acids is 1. The summed E-state index contributed by atoms with van der Waals surface area (Å²) in [5.74, 6) is 1.72. The number of ether oxygens (including phenoxy) is 2. The Kier molecular flexibility index (Phi) is 5.12. The maximum atomic E-state index is 12.4. The van der Waals surface area contributed by atoms with Crippen LogP contribution in [-0.2, 0) is 11.3 Å². The van der Waals surface area contributed by atoms with Crippen molar-refractivity contribution in [2.75, 3.05) is 33.0 Å². The second-order valence-corrected chi connectivity index (χ2v) is 7.03. The topological polar surface area (TPSA) is 42.0 Å². The first kappa shape index (κ1) is 17.6. The van der Waals surface area contributed by atoms with Crippen LogP contribution >= 0.6 is 0 Å². The first-order chi connectivity index (χ1) is 13.2. The van der Waals surface area contributed by atoms with Gasteiger partial charge in [0.25, 0.3) is 0 Å². The quantitative estimate of drug-likeness (QED) is 0.782. The number of nitrogens with zero attached hydrogens (tertiary/aromatic N) is 2. The molecular formula is C22H24N2O3. The van der Waals surface area contributed by atoms with Gasteiger partial charge in [-0.05, 0) is 36.3 Å². The van der Waals surface area contributed by atoms with E-state index in [9.17, 15) is 4.79 Å². The minimum Gasteiger partial charge on any atom is -0.454 e. The van der Waals surface area contributed by atoms with Crippen LogP contribution in [0.4, 0.5) is 0 Å². The van der Waals surface area contributed by atoms with Crippen molar-refractivity contribution in [2.24, 2.45) is 0 Å². The summed E-state index contributed by atoms with van der Waals surface area (Å²) in [7, 11) is 0. The molecule has 0 bridgehead atoms. The van der Waals surface area contributed by atoms with Crippen molar-refractivity contribution < 1.29 is 14.3 Å². The second-order valence-electron chi connectivity index (χ2n) is 7.03. The first-order valence-corrected chi connectivity index (χ1v) is 9.32. The van der Waals surface area contributed by atoms with E-state index in [2.05, 4.69) is 30.0 Å². The standard InChI is InChI=1S/C22H24N2O3/c1-17-2-4-18(5-3-17)7-9-22(25)24-12-10-23(11-13-24)15-19-6-8-20-21(14-19)27-16-26-20/h2-9,14H,10-13,15-16H2,1H3/b9-7+. The van der Waals surface area contributed by atoms with Gasteiger partial charge in [-0.3, -0.25) is 9.69 Å². The molecule has 2 aromatic carbocycles. The number of rotatable bonds is 4. The molecule has 0 aromatic heterocycles. The Labute approximate surface area is 159 Å². The smallest absolute Gasteiger partial charge is 0.246 e. The predicted molar refractivity (Wildman–Crippen MR) is 105 cm³/mol. The Balaban J connectivity index is 1.28. The average molecular weight is 364 g/mol. The van der Waals surface area contributed by atoms with Crippen molar-refractivity contribution >= 4 is 12.0 Å². The van der Waals surface area contributed by atoms with E-state index in [0.717, 1.165) is 49.8 Å². The highest BCUT2D eigenvalue weighted by Gasteiger charge is 2.20. The fourth-order valence-corrected chi connectivity index (χ4v) is 3.37. The third kappa shape index (κ3) is 4.31. The van der Waals surface area contributed by atoms with Gasteiger partial charge in [0.05, 0.1) is 0 Å². The number of hydrogen-bond acceptors (Lipinski definition) is 4. The van der Waals surface area contributed by atoms with E-state index in [1.165, 1.54) is 11.1 Å². The van der Waals surface area contributed by atoms with Crippen LogP contribution in [0.5, 0.6) is 11.5 Å². The van der Waals surface area contributed by atoms with E-state index in [0.29, 0.717) is 6.79 Å². The van der Waals surface area contributed by atoms with Crippen molar-refractivity contribution in [3.05, 3.63) is 65.2 Å². The summed E-state index contributed by atoms with van der Waals surface area (Å²) in [5, 5.41) is 0. The lowest BCUT2D eigenvalue weighted by atomic mass is 10.1. The van der Waals surface area contributed by atoms with Gasteiger partial charge in [0.15, 0.2) is 11.5 Å². The molecule has 140 valence electrons. The van der Waals surface area contributed by atoms with Crippen LogP contribution in [0.1, 0.15) is 16.7 Å². The van der Waals surface area contributed by atoms with Crippen LogP contribution in [-0.4, -0.2) is 48.7 Å². The minimum absolute atomic E-state index is 0.0818. The average Bonchev–Trinajstić information content (AvgIpc) is 3.16. The van der Waals surface area contributed by atoms with E-state index in [1.807, 2.05) is 35.2 Å². The van der Waals surface area contributed by atoms with E-state index in [4.69, 9.17) is 9.47 Å². The van der Waals surface area contributed by atoms with Crippen LogP contribution in [0.15, 0.2) is 48.5 Å². The molecule has 27 heavy (non-hydrogen) atoms. The van der Waals surface area contributed by atoms with Gasteiger partial charge < -0.3 is 14.4 Å². The number of carbonyl (C=O) groups is 1. The first-order valence-electron chi connectivity index (χ1n) is 9.32. The predicted octanol–water partition coefficient (Wildman–Crippen LogP) is 3.08. The summed E-state index contributed by atoms with van der Waals surface area (Å²) in [4.78, 5) is 16.7. The summed E-state index contributed by atoms with van der Waals surface area (Å²) < 4.78 is 10.8. The molecule has 4 rings (SSSR count). The van der Waals surface area contributed by atoms with Gasteiger partial charge in [-0.2, -0.15) is 0 Å². The lowest BCUT2D eigenvalue weighted by molar-refractivity contribution is -0.127. The van der Waals surface area contributed by atoms with Gasteiger partial charge in [0.2, 0.25) is 12.7 Å². The van der Waals surface area contributed by atoms with Crippen molar-refractivity contribution in [3.8, 4) is 11.5 Å². The van der Waals surface area contributed by atoms with E-state index < -0.39 is 0 Å². The molecule has 0 atom stereocenters. The number of aryl methyl sites for hydroxylation is 1. The van der Waals surface area contributed by atoms with E-state index in [-0.39, 0.29) is 5.91 Å². The molecule has 1 amide bonds. The zero-order chi connectivity index (χ0) is 18.6. The van der Waals surface area contributed by atoms with Crippen LogP contribution < -0.4 is 9.47 Å². The molecule has 5 heteroatoms. The molecule has 2 aliphatic heterocycles. The molecule has 5 nitrogen and oxygen atoms in total. The summed E-state index contributed by atoms with van der Waals surface area (Å²) in [6.07, 6.45) is 3.57. The third-order valence-corrected chi connectivity index (χ3v) is 5.02. The molecule has 0 saturated carbocycles. The third-order valence-electron chi connectivity index (χ3n) is 5.02. The number of hydrogen-bond donors (Lipinski definition) is 0. The largest absolute Gasteiger partial charge is 0.454 e. The van der Waals surface area contributed by atoms with E-state index in [1.54, 1.807) is 6.08 Å². The molecule has 1 saturated heterocycles. The van der Waals surface area contributed by atoms with Crippen LogP contribution in [0.2, 0.25) is 0 Å². The number of fused-ring (bicyclic) bond motifs is 1. The molecule has 2 aromatic rings. The van der Waals surface area contributed by atoms with Crippen molar-refractivity contribution in [2.45, 2.75) is 13.5 Å². The Morgan fingerprint density at radius 1 is 1.00 bits per heavy atom. The Hall–Kier alpha value is -2.79. The molecule has 2 heterocycles. The molecule has 0 unspecified atom stereocenters. The number of benzene rings is 2. The van der Waals surface area contributed by atoms with Crippen LogP contribution in [0, 0.1) is 6.92 Å². The van der Waals surface area contributed by atoms with Crippen molar-refractivity contribution in [3.63, 3.8) is 0 Å². The number of piperazine rings is 1. The summed E-state index contributed by atoms with van der Waals surface area (Å²) >= 11 is 0. The normalized spacial score (nSPS) is 16.9. The lowest BCUT2D eigenvalue weighted by Crippen LogP contribution is -2.47. The van der Waals surface area contributed by atoms with Crippen LogP contribution in [0.3, 0.4) is 0 Å². The lowest BCUT2D eigenvalue weighted by Gasteiger charge is -2.34. The molecule has 2 aliphatic rings. The molecule has 0 radical (unpaired) electrons. The van der Waals surface area contributed by atoms with Crippen molar-refractivity contribution in [1.82, 2.24) is 9.80 Å². The monoisotopic (exact) mass is 364 g/mol. The molecule has 1 fully saturated rings. The number of amides is 1. The Morgan fingerprint density at radius 3 is 2.52 bits per heavy atom. The molecule has 0 N–H and O–H groups in total. The van der Waals surface area contributed by atoms with Crippen LogP contribution in [0.25, 0.3) is 6.08 Å². The SMILES string of the molecule is Cc1ccc(/C=C/C(=O)N2CCN(Cc3ccc4c(c3)OCO4)CC2)cc1. The van der Waals surface area contributed by atoms with Gasteiger partial charge >= 0.3 is 0 Å². The van der Waals surface area contributed by atoms with Gasteiger partial charge in [-0.1, -0.05) is 35.9 Å². The Morgan fingerprint density at radius 2 is 1.74 bits per heavy atom. The van der Waals surface area contributed by atoms with Crippen molar-refractivity contribution in [1.29, 1.82) is 0 Å². The fourth-order valence-electron chi connectivity index (χ4n) is 3.37. The highest BCUT2D eigenvalue weighted by atomic mass is 16.7. The highest BCUT2D eigenvalue weighted by molar-refractivity contribution is 5.91. The minimum atomic E-state index is 0.0818. The highest BCUT2D eigenvalue weighted by Crippen LogP contribution is 2.32. The Bertz CT molecular complexity index is 837. The summed E-state index contributed by atoms with van der Waals surface area (Å²) in [6.45, 7) is 6.47. The van der Waals surface area contributed by atoms with Gasteiger partial charge in [-0.15, -0.1) is 0 Å². The second kappa shape index (κ2) is 7.84. The molecule has 0 aliphatic carbocycles. The zero-order valence-electron chi connectivity index (χ0n) is 15.6. The van der Waals surface area contributed by atoms with E-state index >= 15 is 0 Å². The molecule has 0 spiro atoms. The van der Waals surface area contributed by atoms with Gasteiger partial charge in [-0.25, -0.2) is 0 Å². The summed E-state index contributed by atoms with van der Waals surface area (Å²) in [5.41, 5.74) is 3.48. The maximum Gasteiger partial charge on any atom is 0.246 e.